The second-order valence-electron chi connectivity index (χ2n) is 3.77. The average molecular weight is 170 g/mol. The Kier molecular flexibility index (Phi) is 2.63. The lowest BCUT2D eigenvalue weighted by molar-refractivity contribution is 0.0899. The summed E-state index contributed by atoms with van der Waals surface area (Å²) in [5, 5.41) is 3.32. The summed E-state index contributed by atoms with van der Waals surface area (Å²) in [4.78, 5) is 2.61. The highest BCUT2D eigenvalue weighted by Crippen LogP contribution is 2.29. The quantitative estimate of drug-likeness (QED) is 0.632. The van der Waals surface area contributed by atoms with E-state index in [1.165, 1.54) is 25.9 Å². The van der Waals surface area contributed by atoms with E-state index in [1.807, 2.05) is 0 Å². The molecule has 1 N–H and O–H groups in total. The van der Waals surface area contributed by atoms with E-state index in [0.29, 0.717) is 0 Å². The highest BCUT2D eigenvalue weighted by molar-refractivity contribution is 4.93. The van der Waals surface area contributed by atoms with Gasteiger partial charge in [0.1, 0.15) is 0 Å². The number of nitrogens with zero attached hydrogens (tertiary/aromatic N) is 1. The van der Waals surface area contributed by atoms with Crippen LogP contribution in [0.5, 0.6) is 0 Å². The van der Waals surface area contributed by atoms with Gasteiger partial charge in [0.2, 0.25) is 0 Å². The average Bonchev–Trinajstić information content (AvgIpc) is 2.75. The van der Waals surface area contributed by atoms with Crippen molar-refractivity contribution in [2.75, 3.05) is 33.4 Å². The topological polar surface area (TPSA) is 24.5 Å². The fourth-order valence-electron chi connectivity index (χ4n) is 1.77. The van der Waals surface area contributed by atoms with Crippen LogP contribution in [0.3, 0.4) is 0 Å². The molecule has 1 heterocycles. The number of hydrogen-bond acceptors (Lipinski definition) is 3. The zero-order valence-electron chi connectivity index (χ0n) is 7.75. The van der Waals surface area contributed by atoms with Crippen molar-refractivity contribution in [1.29, 1.82) is 0 Å². The highest BCUT2D eigenvalue weighted by atomic mass is 16.5. The Morgan fingerprint density at radius 1 is 1.33 bits per heavy atom. The predicted molar refractivity (Wildman–Crippen MR) is 48.3 cm³/mol. The van der Waals surface area contributed by atoms with Gasteiger partial charge < -0.3 is 10.1 Å². The Balaban J connectivity index is 1.75. The first-order chi connectivity index (χ1) is 5.92. The van der Waals surface area contributed by atoms with Gasteiger partial charge in [0.15, 0.2) is 0 Å². The van der Waals surface area contributed by atoms with Gasteiger partial charge in [0.05, 0.1) is 6.61 Å². The molecule has 0 aromatic carbocycles. The lowest BCUT2D eigenvalue weighted by Crippen LogP contribution is -2.58. The molecule has 70 valence electrons. The fourth-order valence-corrected chi connectivity index (χ4v) is 1.77. The van der Waals surface area contributed by atoms with E-state index in [4.69, 9.17) is 4.74 Å². The lowest BCUT2D eigenvalue weighted by atomic mass is 10.1. The second-order valence-corrected chi connectivity index (χ2v) is 3.77. The van der Waals surface area contributed by atoms with Crippen LogP contribution in [0, 0.1) is 0 Å². The molecule has 3 heteroatoms. The van der Waals surface area contributed by atoms with Crippen LogP contribution in [0.2, 0.25) is 0 Å². The van der Waals surface area contributed by atoms with E-state index < -0.39 is 0 Å². The minimum Gasteiger partial charge on any atom is -0.383 e. The molecule has 0 spiro atoms. The molecular weight excluding hydrogens is 152 g/mol. The summed E-state index contributed by atoms with van der Waals surface area (Å²) in [5.74, 6) is 0. The van der Waals surface area contributed by atoms with Gasteiger partial charge in [-0.15, -0.1) is 0 Å². The zero-order valence-corrected chi connectivity index (χ0v) is 7.75. The summed E-state index contributed by atoms with van der Waals surface area (Å²) in [7, 11) is 1.78. The predicted octanol–water partition coefficient (Wildman–Crippen LogP) is 0.0690. The summed E-state index contributed by atoms with van der Waals surface area (Å²) < 4.78 is 5.11. The van der Waals surface area contributed by atoms with Crippen molar-refractivity contribution < 1.29 is 4.74 Å². The van der Waals surface area contributed by atoms with E-state index in [0.717, 1.165) is 25.2 Å². The molecule has 1 saturated heterocycles. The molecule has 2 aliphatic rings. The molecule has 12 heavy (non-hydrogen) atoms. The maximum absolute atomic E-state index is 5.11. The monoisotopic (exact) mass is 170 g/mol. The van der Waals surface area contributed by atoms with Crippen LogP contribution < -0.4 is 5.32 Å². The molecule has 0 radical (unpaired) electrons. The number of ether oxygens (including phenoxy) is 1. The highest BCUT2D eigenvalue weighted by Gasteiger charge is 2.35. The largest absolute Gasteiger partial charge is 0.383 e. The molecule has 0 bridgehead atoms. The fraction of sp³-hybridized carbons (Fsp3) is 1.00. The molecule has 3 nitrogen and oxygen atoms in total. The summed E-state index contributed by atoms with van der Waals surface area (Å²) in [6.45, 7) is 4.36. The van der Waals surface area contributed by atoms with Crippen molar-refractivity contribution in [1.82, 2.24) is 10.2 Å². The number of nitrogens with one attached hydrogen (secondary N) is 1. The SMILES string of the molecule is COCCN(C1CC1)C1CNC1. The third-order valence-electron chi connectivity index (χ3n) is 2.80. The van der Waals surface area contributed by atoms with Crippen LogP contribution in [0.1, 0.15) is 12.8 Å². The molecule has 2 fully saturated rings. The van der Waals surface area contributed by atoms with Crippen LogP contribution in [0.15, 0.2) is 0 Å². The molecule has 0 aromatic rings. The molecule has 1 aliphatic carbocycles. The zero-order chi connectivity index (χ0) is 8.39. The van der Waals surface area contributed by atoms with E-state index in [-0.39, 0.29) is 0 Å². The summed E-state index contributed by atoms with van der Waals surface area (Å²) in [6, 6.07) is 1.68. The van der Waals surface area contributed by atoms with Crippen LogP contribution in [0.25, 0.3) is 0 Å². The number of methoxy groups -OCH3 is 1. The Hall–Kier alpha value is -0.120. The first kappa shape index (κ1) is 8.48. The summed E-state index contributed by atoms with van der Waals surface area (Å²) in [5.41, 5.74) is 0. The minimum atomic E-state index is 0.799. The molecule has 1 aliphatic heterocycles. The first-order valence-corrected chi connectivity index (χ1v) is 4.87. The standard InChI is InChI=1S/C9H18N2O/c1-12-5-4-11(8-2-3-8)9-6-10-7-9/h8-10H,2-7H2,1H3. The van der Waals surface area contributed by atoms with Crippen LogP contribution in [-0.2, 0) is 4.74 Å². The maximum Gasteiger partial charge on any atom is 0.0589 e. The van der Waals surface area contributed by atoms with Crippen LogP contribution in [-0.4, -0.2) is 50.3 Å². The summed E-state index contributed by atoms with van der Waals surface area (Å²) in [6.07, 6.45) is 2.81. The van der Waals surface area contributed by atoms with Crippen molar-refractivity contribution in [2.45, 2.75) is 24.9 Å². The van der Waals surface area contributed by atoms with E-state index in [9.17, 15) is 0 Å². The Morgan fingerprint density at radius 3 is 2.50 bits per heavy atom. The maximum atomic E-state index is 5.11. The third-order valence-corrected chi connectivity index (χ3v) is 2.80. The lowest BCUT2D eigenvalue weighted by Gasteiger charge is -2.38. The van der Waals surface area contributed by atoms with Crippen molar-refractivity contribution in [3.63, 3.8) is 0 Å². The van der Waals surface area contributed by atoms with E-state index in [2.05, 4.69) is 10.2 Å². The Morgan fingerprint density at radius 2 is 2.08 bits per heavy atom. The Labute approximate surface area is 74.1 Å². The van der Waals surface area contributed by atoms with Crippen molar-refractivity contribution >= 4 is 0 Å². The Bertz CT molecular complexity index is 143. The molecule has 0 aromatic heterocycles. The van der Waals surface area contributed by atoms with Gasteiger partial charge in [0, 0.05) is 38.8 Å². The summed E-state index contributed by atoms with van der Waals surface area (Å²) >= 11 is 0. The minimum absolute atomic E-state index is 0.799. The molecule has 1 saturated carbocycles. The third kappa shape index (κ3) is 1.79. The molecular formula is C9H18N2O. The van der Waals surface area contributed by atoms with Crippen molar-refractivity contribution in [3.05, 3.63) is 0 Å². The van der Waals surface area contributed by atoms with E-state index >= 15 is 0 Å². The van der Waals surface area contributed by atoms with Gasteiger partial charge in [-0.2, -0.15) is 0 Å². The first-order valence-electron chi connectivity index (χ1n) is 4.87. The van der Waals surface area contributed by atoms with Crippen molar-refractivity contribution in [2.24, 2.45) is 0 Å². The van der Waals surface area contributed by atoms with Gasteiger partial charge in [-0.1, -0.05) is 0 Å². The number of hydrogen-bond donors (Lipinski definition) is 1. The van der Waals surface area contributed by atoms with Gasteiger partial charge >= 0.3 is 0 Å². The van der Waals surface area contributed by atoms with Gasteiger partial charge in [-0.3, -0.25) is 4.90 Å². The van der Waals surface area contributed by atoms with E-state index in [1.54, 1.807) is 7.11 Å². The van der Waals surface area contributed by atoms with Gasteiger partial charge in [-0.05, 0) is 12.8 Å². The molecule has 2 rings (SSSR count). The van der Waals surface area contributed by atoms with Crippen molar-refractivity contribution in [3.8, 4) is 0 Å². The van der Waals surface area contributed by atoms with Crippen LogP contribution in [0.4, 0.5) is 0 Å². The second kappa shape index (κ2) is 3.73. The smallest absolute Gasteiger partial charge is 0.0589 e. The van der Waals surface area contributed by atoms with Gasteiger partial charge in [-0.25, -0.2) is 0 Å². The van der Waals surface area contributed by atoms with Crippen LogP contribution >= 0.6 is 0 Å². The normalized spacial score (nSPS) is 24.5. The molecule has 0 unspecified atom stereocenters. The molecule has 0 atom stereocenters. The van der Waals surface area contributed by atoms with Gasteiger partial charge in [0.25, 0.3) is 0 Å². The molecule has 0 amide bonds. The number of rotatable bonds is 5.